The van der Waals surface area contributed by atoms with Gasteiger partial charge in [-0.3, -0.25) is 9.59 Å². The Morgan fingerprint density at radius 1 is 1.00 bits per heavy atom. The maximum atomic E-state index is 12.6. The Morgan fingerprint density at radius 3 is 2.16 bits per heavy atom. The van der Waals surface area contributed by atoms with E-state index in [2.05, 4.69) is 0 Å². The molecule has 0 unspecified atom stereocenters. The van der Waals surface area contributed by atoms with Crippen molar-refractivity contribution in [2.45, 2.75) is 19.3 Å². The highest BCUT2D eigenvalue weighted by Gasteiger charge is 2.61. The number of anilines is 1. The van der Waals surface area contributed by atoms with Crippen LogP contribution < -0.4 is 4.90 Å². The molecule has 2 saturated carbocycles. The number of amides is 2. The smallest absolute Gasteiger partial charge is 0.238 e. The van der Waals surface area contributed by atoms with Crippen molar-refractivity contribution in [3.8, 4) is 0 Å². The molecule has 1 aliphatic heterocycles. The van der Waals surface area contributed by atoms with Crippen LogP contribution >= 0.6 is 11.6 Å². The third kappa shape index (κ3) is 1.39. The molecule has 0 radical (unpaired) electrons. The summed E-state index contributed by atoms with van der Waals surface area (Å²) < 4.78 is 0. The zero-order valence-electron chi connectivity index (χ0n) is 10.4. The fourth-order valence-electron chi connectivity index (χ4n) is 4.28. The Labute approximate surface area is 116 Å². The van der Waals surface area contributed by atoms with Gasteiger partial charge in [0.15, 0.2) is 0 Å². The van der Waals surface area contributed by atoms with Crippen LogP contribution in [0.5, 0.6) is 0 Å². The first-order valence-corrected chi connectivity index (χ1v) is 7.18. The van der Waals surface area contributed by atoms with Gasteiger partial charge >= 0.3 is 0 Å². The van der Waals surface area contributed by atoms with Crippen molar-refractivity contribution < 1.29 is 9.59 Å². The van der Waals surface area contributed by atoms with Crippen LogP contribution in [0.1, 0.15) is 19.3 Å². The molecule has 4 rings (SSSR count). The molecule has 98 valence electrons. The predicted octanol–water partition coefficient (Wildman–Crippen LogP) is 2.88. The van der Waals surface area contributed by atoms with E-state index < -0.39 is 0 Å². The molecule has 3 aliphatic rings. The summed E-state index contributed by atoms with van der Waals surface area (Å²) in [5.41, 5.74) is 0.549. The van der Waals surface area contributed by atoms with E-state index in [0.717, 1.165) is 19.3 Å². The standard InChI is InChI=1S/C15H14ClNO2/c16-10-3-1-2-4-11(10)17-14(18)12-8-5-6-9(7-8)13(12)15(17)19/h1-4,8-9,12-13H,5-7H2/t8-,9-,12-,13+/m0/s1. The molecule has 1 saturated heterocycles. The van der Waals surface area contributed by atoms with Gasteiger partial charge in [0.2, 0.25) is 11.8 Å². The Hall–Kier alpha value is -1.35. The molecule has 3 nitrogen and oxygen atoms in total. The molecular formula is C15H14ClNO2. The highest BCUT2D eigenvalue weighted by molar-refractivity contribution is 6.36. The Bertz CT molecular complexity index is 557. The maximum Gasteiger partial charge on any atom is 0.238 e. The second kappa shape index (κ2) is 3.83. The molecule has 1 heterocycles. The lowest BCUT2D eigenvalue weighted by molar-refractivity contribution is -0.123. The summed E-state index contributed by atoms with van der Waals surface area (Å²) in [7, 11) is 0. The summed E-state index contributed by atoms with van der Waals surface area (Å²) in [6.07, 6.45) is 3.26. The monoisotopic (exact) mass is 275 g/mol. The van der Waals surface area contributed by atoms with Gasteiger partial charge in [-0.05, 0) is 43.2 Å². The number of fused-ring (bicyclic) bond motifs is 5. The van der Waals surface area contributed by atoms with Crippen LogP contribution in [-0.4, -0.2) is 11.8 Å². The lowest BCUT2D eigenvalue weighted by Gasteiger charge is -2.19. The molecule has 2 aliphatic carbocycles. The number of para-hydroxylation sites is 1. The molecule has 0 spiro atoms. The number of benzene rings is 1. The van der Waals surface area contributed by atoms with Gasteiger partial charge in [0.1, 0.15) is 0 Å². The van der Waals surface area contributed by atoms with E-state index >= 15 is 0 Å². The van der Waals surface area contributed by atoms with E-state index in [0.29, 0.717) is 22.5 Å². The van der Waals surface area contributed by atoms with Crippen LogP contribution in [0.2, 0.25) is 5.02 Å². The molecule has 0 aromatic heterocycles. The third-order valence-corrected chi connectivity index (χ3v) is 5.34. The molecule has 4 heteroatoms. The minimum atomic E-state index is -0.0810. The van der Waals surface area contributed by atoms with Crippen LogP contribution in [0.25, 0.3) is 0 Å². The normalized spacial score (nSPS) is 36.2. The average Bonchev–Trinajstić information content (AvgIpc) is 3.06. The van der Waals surface area contributed by atoms with Gasteiger partial charge in [-0.25, -0.2) is 4.90 Å². The Kier molecular flexibility index (Phi) is 2.31. The topological polar surface area (TPSA) is 37.4 Å². The molecule has 4 atom stereocenters. The summed E-state index contributed by atoms with van der Waals surface area (Å²) in [4.78, 5) is 26.5. The summed E-state index contributed by atoms with van der Waals surface area (Å²) >= 11 is 6.13. The summed E-state index contributed by atoms with van der Waals surface area (Å²) in [6, 6.07) is 7.09. The fraction of sp³-hybridized carbons (Fsp3) is 0.467. The lowest BCUT2D eigenvalue weighted by atomic mass is 9.81. The van der Waals surface area contributed by atoms with Crippen molar-refractivity contribution in [2.24, 2.45) is 23.7 Å². The number of rotatable bonds is 1. The van der Waals surface area contributed by atoms with Crippen molar-refractivity contribution in [3.05, 3.63) is 29.3 Å². The summed E-state index contributed by atoms with van der Waals surface area (Å²) in [5.74, 6) is 0.605. The minimum Gasteiger partial charge on any atom is -0.274 e. The Morgan fingerprint density at radius 2 is 1.58 bits per heavy atom. The first kappa shape index (κ1) is 11.5. The van der Waals surface area contributed by atoms with Crippen LogP contribution in [0.4, 0.5) is 5.69 Å². The van der Waals surface area contributed by atoms with Crippen LogP contribution in [0, 0.1) is 23.7 Å². The number of carbonyl (C=O) groups is 2. The van der Waals surface area contributed by atoms with Gasteiger partial charge in [-0.15, -0.1) is 0 Å². The highest BCUT2D eigenvalue weighted by atomic mass is 35.5. The molecular weight excluding hydrogens is 262 g/mol. The molecule has 19 heavy (non-hydrogen) atoms. The molecule has 1 aromatic carbocycles. The third-order valence-electron chi connectivity index (χ3n) is 5.02. The van der Waals surface area contributed by atoms with Gasteiger partial charge in [0.25, 0.3) is 0 Å². The zero-order chi connectivity index (χ0) is 13.1. The van der Waals surface area contributed by atoms with E-state index in [9.17, 15) is 9.59 Å². The average molecular weight is 276 g/mol. The fourth-order valence-corrected chi connectivity index (χ4v) is 4.50. The number of hydrogen-bond acceptors (Lipinski definition) is 2. The van der Waals surface area contributed by atoms with E-state index in [1.807, 2.05) is 6.07 Å². The van der Waals surface area contributed by atoms with Gasteiger partial charge in [-0.1, -0.05) is 23.7 Å². The van der Waals surface area contributed by atoms with E-state index in [4.69, 9.17) is 11.6 Å². The van der Waals surface area contributed by atoms with Crippen molar-refractivity contribution >= 4 is 29.1 Å². The number of carbonyl (C=O) groups excluding carboxylic acids is 2. The lowest BCUT2D eigenvalue weighted by Crippen LogP contribution is -2.32. The maximum absolute atomic E-state index is 12.6. The molecule has 1 aromatic rings. The number of hydrogen-bond donors (Lipinski definition) is 0. The van der Waals surface area contributed by atoms with E-state index in [1.54, 1.807) is 18.2 Å². The quantitative estimate of drug-likeness (QED) is 0.739. The van der Waals surface area contributed by atoms with E-state index in [1.165, 1.54) is 4.90 Å². The van der Waals surface area contributed by atoms with Crippen LogP contribution in [-0.2, 0) is 9.59 Å². The Balaban J connectivity index is 1.78. The molecule has 0 N–H and O–H groups in total. The summed E-state index contributed by atoms with van der Waals surface area (Å²) in [6.45, 7) is 0. The molecule has 2 amide bonds. The number of imide groups is 1. The molecule has 2 bridgehead atoms. The van der Waals surface area contributed by atoms with Crippen molar-refractivity contribution in [1.82, 2.24) is 0 Å². The zero-order valence-corrected chi connectivity index (χ0v) is 11.1. The van der Waals surface area contributed by atoms with Gasteiger partial charge < -0.3 is 0 Å². The second-order valence-corrected chi connectivity index (χ2v) is 6.26. The largest absolute Gasteiger partial charge is 0.274 e. The van der Waals surface area contributed by atoms with E-state index in [-0.39, 0.29) is 23.7 Å². The minimum absolute atomic E-state index is 0.0321. The first-order valence-electron chi connectivity index (χ1n) is 6.81. The number of nitrogens with zero attached hydrogens (tertiary/aromatic N) is 1. The van der Waals surface area contributed by atoms with Crippen molar-refractivity contribution in [3.63, 3.8) is 0 Å². The SMILES string of the molecule is O=C1[C@@H]2[C@H]3CC[C@@H](C3)[C@@H]2C(=O)N1c1ccccc1Cl. The van der Waals surface area contributed by atoms with Crippen LogP contribution in [0.3, 0.4) is 0 Å². The van der Waals surface area contributed by atoms with Gasteiger partial charge in [-0.2, -0.15) is 0 Å². The summed E-state index contributed by atoms with van der Waals surface area (Å²) in [5, 5.41) is 0.469. The van der Waals surface area contributed by atoms with Gasteiger partial charge in [0.05, 0.1) is 22.5 Å². The molecule has 3 fully saturated rings. The second-order valence-electron chi connectivity index (χ2n) is 5.85. The van der Waals surface area contributed by atoms with Gasteiger partial charge in [0, 0.05) is 0 Å². The first-order chi connectivity index (χ1) is 9.18. The van der Waals surface area contributed by atoms with Crippen LogP contribution in [0.15, 0.2) is 24.3 Å². The predicted molar refractivity (Wildman–Crippen MR) is 71.8 cm³/mol. The van der Waals surface area contributed by atoms with Crippen molar-refractivity contribution in [2.75, 3.05) is 4.90 Å². The number of halogens is 1. The highest BCUT2D eigenvalue weighted by Crippen LogP contribution is 2.56. The van der Waals surface area contributed by atoms with Crippen molar-refractivity contribution in [1.29, 1.82) is 0 Å².